The highest BCUT2D eigenvalue weighted by Crippen LogP contribution is 2.12. The van der Waals surface area contributed by atoms with Crippen LogP contribution in [-0.4, -0.2) is 55.5 Å². The van der Waals surface area contributed by atoms with E-state index in [0.29, 0.717) is 0 Å². The van der Waals surface area contributed by atoms with E-state index < -0.39 is 23.3 Å². The molecule has 1 unspecified atom stereocenters. The Morgan fingerprint density at radius 2 is 1.78 bits per heavy atom. The summed E-state index contributed by atoms with van der Waals surface area (Å²) in [4.78, 5) is 35.0. The van der Waals surface area contributed by atoms with Gasteiger partial charge in [-0.3, -0.25) is 14.4 Å². The second-order valence-corrected chi connectivity index (χ2v) is 4.86. The van der Waals surface area contributed by atoms with Gasteiger partial charge in [-0.15, -0.1) is 0 Å². The van der Waals surface area contributed by atoms with E-state index in [4.69, 9.17) is 4.74 Å². The fourth-order valence-corrected chi connectivity index (χ4v) is 1.14. The molecule has 0 bridgehead atoms. The maximum absolute atomic E-state index is 11.5. The molecule has 6 nitrogen and oxygen atoms in total. The molecule has 0 saturated heterocycles. The lowest BCUT2D eigenvalue weighted by atomic mass is 9.77. The van der Waals surface area contributed by atoms with Crippen molar-refractivity contribution in [3.8, 4) is 0 Å². The molecule has 101 valence electrons. The molecule has 0 aliphatic rings. The van der Waals surface area contributed by atoms with Gasteiger partial charge in [0.05, 0.1) is 5.54 Å². The number of nitrogens with one attached hydrogen (secondary N) is 1. The predicted octanol–water partition coefficient (Wildman–Crippen LogP) is 0.812. The van der Waals surface area contributed by atoms with Gasteiger partial charge in [0.2, 0.25) is 5.91 Å². The number of ether oxygens (including phenoxy) is 1. The normalized spacial score (nSPS) is 12.3. The highest BCUT2D eigenvalue weighted by Gasteiger charge is 2.30. The molecule has 2 amide bonds. The number of nitrogens with zero attached hydrogens (tertiary/aromatic N) is 1. The number of rotatable bonds is 5. The highest BCUT2D eigenvalue weighted by molar-refractivity contribution is 6.95. The molecule has 0 saturated carbocycles. The van der Waals surface area contributed by atoms with Crippen molar-refractivity contribution in [2.24, 2.45) is 0 Å². The Kier molecular flexibility index (Phi) is 5.88. The molecule has 1 atom stereocenters. The van der Waals surface area contributed by atoms with Crippen LogP contribution in [0.15, 0.2) is 0 Å². The van der Waals surface area contributed by atoms with Gasteiger partial charge in [0.15, 0.2) is 5.81 Å². The van der Waals surface area contributed by atoms with Crippen LogP contribution in [0.3, 0.4) is 0 Å². The van der Waals surface area contributed by atoms with Crippen LogP contribution in [-0.2, 0) is 9.53 Å². The Bertz CT molecular complexity index is 342. The third-order valence-electron chi connectivity index (χ3n) is 2.49. The smallest absolute Gasteiger partial charge is 0.377 e. The first-order valence-corrected chi connectivity index (χ1v) is 5.61. The molecule has 0 spiro atoms. The highest BCUT2D eigenvalue weighted by atomic mass is 16.5. The van der Waals surface area contributed by atoms with Gasteiger partial charge in [-0.1, -0.05) is 0 Å². The molecule has 1 N–H and O–H groups in total. The lowest BCUT2D eigenvalue weighted by Gasteiger charge is -2.32. The van der Waals surface area contributed by atoms with Crippen molar-refractivity contribution in [2.75, 3.05) is 14.1 Å². The van der Waals surface area contributed by atoms with E-state index in [-0.39, 0.29) is 5.91 Å². The van der Waals surface area contributed by atoms with E-state index in [9.17, 15) is 14.4 Å². The summed E-state index contributed by atoms with van der Waals surface area (Å²) < 4.78 is 5.08. The van der Waals surface area contributed by atoms with Crippen molar-refractivity contribution in [3.63, 3.8) is 0 Å². The van der Waals surface area contributed by atoms with E-state index in [1.807, 2.05) is 0 Å². The lowest BCUT2D eigenvalue weighted by molar-refractivity contribution is -0.121. The third-order valence-corrected chi connectivity index (χ3v) is 2.49. The molecule has 0 aliphatic heterocycles. The van der Waals surface area contributed by atoms with Crippen molar-refractivity contribution < 1.29 is 19.1 Å². The largest absolute Gasteiger partial charge is 0.468 e. The summed E-state index contributed by atoms with van der Waals surface area (Å²) >= 11 is 0. The van der Waals surface area contributed by atoms with Crippen molar-refractivity contribution in [1.82, 2.24) is 10.2 Å². The number of hydrogen-bond donors (Lipinski definition) is 1. The van der Waals surface area contributed by atoms with Crippen LogP contribution in [0.4, 0.5) is 9.59 Å². The molecule has 7 heteroatoms. The topological polar surface area (TPSA) is 75.7 Å². The molecule has 0 aromatic carbocycles. The molecule has 0 fully saturated rings. The van der Waals surface area contributed by atoms with Gasteiger partial charge in [0, 0.05) is 21.0 Å². The quantitative estimate of drug-likeness (QED) is 0.737. The minimum Gasteiger partial charge on any atom is -0.468 e. The zero-order chi connectivity index (χ0) is 14.5. The Labute approximate surface area is 108 Å². The zero-order valence-corrected chi connectivity index (χ0v) is 11.7. The van der Waals surface area contributed by atoms with Gasteiger partial charge in [-0.25, -0.2) is 0 Å². The second-order valence-electron chi connectivity index (χ2n) is 4.86. The van der Waals surface area contributed by atoms with Gasteiger partial charge >= 0.3 is 7.28 Å². The molecule has 1 radical (unpaired) electrons. The predicted molar refractivity (Wildman–Crippen MR) is 68.7 cm³/mol. The van der Waals surface area contributed by atoms with Crippen LogP contribution in [0.5, 0.6) is 0 Å². The second kappa shape index (κ2) is 6.42. The fourth-order valence-electron chi connectivity index (χ4n) is 1.14. The minimum atomic E-state index is -0.723. The average Bonchev–Trinajstić information content (AvgIpc) is 2.14. The summed E-state index contributed by atoms with van der Waals surface area (Å²) in [5.41, 5.74) is -0.698. The van der Waals surface area contributed by atoms with Crippen LogP contribution >= 0.6 is 0 Å². The molecule has 0 aliphatic carbocycles. The van der Waals surface area contributed by atoms with Crippen molar-refractivity contribution in [2.45, 2.75) is 39.3 Å². The summed E-state index contributed by atoms with van der Waals surface area (Å²) in [6, 6.07) is 0. The monoisotopic (exact) mass is 255 g/mol. The molecule has 0 heterocycles. The first-order valence-electron chi connectivity index (χ1n) is 5.61. The van der Waals surface area contributed by atoms with E-state index in [2.05, 4.69) is 5.32 Å². The lowest BCUT2D eigenvalue weighted by Crippen LogP contribution is -2.52. The zero-order valence-electron chi connectivity index (χ0n) is 11.7. The minimum absolute atomic E-state index is 0.212. The summed E-state index contributed by atoms with van der Waals surface area (Å²) in [6.45, 7) is 6.51. The first kappa shape index (κ1) is 16.5. The maximum Gasteiger partial charge on any atom is 0.377 e. The fraction of sp³-hybridized carbons (Fsp3) is 0.727. The Morgan fingerprint density at radius 1 is 1.28 bits per heavy atom. The van der Waals surface area contributed by atoms with E-state index in [1.54, 1.807) is 20.8 Å². The van der Waals surface area contributed by atoms with E-state index >= 15 is 0 Å². The summed E-state index contributed by atoms with van der Waals surface area (Å²) in [5, 5.41) is 2.67. The number of carbonyl (C=O) groups excluding carboxylic acids is 3. The Balaban J connectivity index is 4.39. The summed E-state index contributed by atoms with van der Waals surface area (Å²) in [6.07, 6.45) is -0.555. The van der Waals surface area contributed by atoms with Crippen molar-refractivity contribution in [3.05, 3.63) is 0 Å². The summed E-state index contributed by atoms with van der Waals surface area (Å²) in [7, 11) is 3.95. The maximum atomic E-state index is 11.5. The average molecular weight is 255 g/mol. The van der Waals surface area contributed by atoms with Crippen molar-refractivity contribution in [1.29, 1.82) is 0 Å². The number of carbonyl (C=O) groups is 3. The van der Waals surface area contributed by atoms with Gasteiger partial charge in [-0.2, -0.15) is 0 Å². The van der Waals surface area contributed by atoms with Crippen LogP contribution in [0.2, 0.25) is 0 Å². The molecule has 0 aromatic heterocycles. The number of hydrogen-bond acceptors (Lipinski definition) is 4. The Hall–Kier alpha value is -1.53. The van der Waals surface area contributed by atoms with Crippen LogP contribution < -0.4 is 5.32 Å². The van der Waals surface area contributed by atoms with Gasteiger partial charge in [0.25, 0.3) is 5.87 Å². The third kappa shape index (κ3) is 5.70. The van der Waals surface area contributed by atoms with Crippen LogP contribution in [0, 0.1) is 0 Å². The van der Waals surface area contributed by atoms with Crippen LogP contribution in [0.1, 0.15) is 27.7 Å². The molecular formula is C11H20BN2O4. The van der Waals surface area contributed by atoms with Crippen LogP contribution in [0.25, 0.3) is 0 Å². The molecular weight excluding hydrogens is 235 g/mol. The standard InChI is InChI=1S/C11H20BN2O4/c1-7(11(3,4)13-8(2)15)18-10(17)12-9(16)14(5)6/h7H,1-6H3,(H,13,15). The molecule has 0 rings (SSSR count). The van der Waals surface area contributed by atoms with Crippen molar-refractivity contribution >= 4 is 24.9 Å². The van der Waals surface area contributed by atoms with E-state index in [0.717, 1.165) is 7.28 Å². The number of amides is 2. The summed E-state index contributed by atoms with van der Waals surface area (Å²) in [5.74, 6) is -1.37. The van der Waals surface area contributed by atoms with Gasteiger partial charge in [-0.05, 0) is 20.8 Å². The van der Waals surface area contributed by atoms with Gasteiger partial charge < -0.3 is 15.0 Å². The van der Waals surface area contributed by atoms with E-state index in [1.165, 1.54) is 25.9 Å². The van der Waals surface area contributed by atoms with Gasteiger partial charge in [0.1, 0.15) is 6.10 Å². The first-order chi connectivity index (χ1) is 8.06. The Morgan fingerprint density at radius 3 is 2.17 bits per heavy atom. The molecule has 0 aromatic rings. The SMILES string of the molecule is CC(=O)NC(C)(C)C(C)OC(=O)[B]C(=O)N(C)C. The molecule has 18 heavy (non-hydrogen) atoms.